The SMILES string of the molecule is CCC(C)C(=O)OCCC(F)(F)C(F)(F)C(F)(F)C(F)(C(F)(F)F)C(F)(F)F. The topological polar surface area (TPSA) is 26.3 Å². The van der Waals surface area contributed by atoms with Gasteiger partial charge < -0.3 is 4.74 Å². The van der Waals surface area contributed by atoms with Crippen LogP contribution in [0.2, 0.25) is 0 Å². The number of esters is 1. The van der Waals surface area contributed by atoms with Crippen LogP contribution in [0.25, 0.3) is 0 Å². The van der Waals surface area contributed by atoms with E-state index in [1.807, 2.05) is 0 Å². The zero-order chi connectivity index (χ0) is 23.0. The molecule has 0 N–H and O–H groups in total. The van der Waals surface area contributed by atoms with Gasteiger partial charge in [0.15, 0.2) is 0 Å². The maximum atomic E-state index is 13.4. The highest BCUT2D eigenvalue weighted by Crippen LogP contribution is 2.62. The zero-order valence-corrected chi connectivity index (χ0v) is 13.9. The first-order valence-electron chi connectivity index (χ1n) is 7.24. The quantitative estimate of drug-likeness (QED) is 0.352. The van der Waals surface area contributed by atoms with Crippen molar-refractivity contribution >= 4 is 5.97 Å². The summed E-state index contributed by atoms with van der Waals surface area (Å²) in [7, 11) is 0. The van der Waals surface area contributed by atoms with Crippen molar-refractivity contribution in [2.45, 2.75) is 62.5 Å². The molecule has 0 aromatic heterocycles. The van der Waals surface area contributed by atoms with Crippen LogP contribution in [0.3, 0.4) is 0 Å². The van der Waals surface area contributed by atoms with Gasteiger partial charge in [0.25, 0.3) is 0 Å². The van der Waals surface area contributed by atoms with Crippen molar-refractivity contribution in [1.29, 1.82) is 0 Å². The molecule has 0 rings (SSSR count). The number of ether oxygens (including phenoxy) is 1. The second-order valence-corrected chi connectivity index (χ2v) is 5.73. The Morgan fingerprint density at radius 1 is 0.786 bits per heavy atom. The molecule has 0 aliphatic carbocycles. The van der Waals surface area contributed by atoms with E-state index < -0.39 is 60.7 Å². The van der Waals surface area contributed by atoms with Crippen molar-refractivity contribution in [3.63, 3.8) is 0 Å². The van der Waals surface area contributed by atoms with Gasteiger partial charge in [-0.3, -0.25) is 4.79 Å². The predicted molar refractivity (Wildman–Crippen MR) is 65.8 cm³/mol. The fourth-order valence-corrected chi connectivity index (χ4v) is 1.71. The van der Waals surface area contributed by atoms with Crippen LogP contribution in [-0.4, -0.2) is 48.4 Å². The van der Waals surface area contributed by atoms with Crippen LogP contribution in [0.15, 0.2) is 0 Å². The second-order valence-electron chi connectivity index (χ2n) is 5.73. The van der Waals surface area contributed by atoms with Gasteiger partial charge in [-0.15, -0.1) is 0 Å². The Morgan fingerprint density at radius 3 is 1.50 bits per heavy atom. The average molecular weight is 448 g/mol. The number of hydrogen-bond donors (Lipinski definition) is 0. The smallest absolute Gasteiger partial charge is 0.438 e. The van der Waals surface area contributed by atoms with Gasteiger partial charge in [0.2, 0.25) is 0 Å². The van der Waals surface area contributed by atoms with Gasteiger partial charge in [-0.25, -0.2) is 4.39 Å². The summed E-state index contributed by atoms with van der Waals surface area (Å²) in [6.45, 7) is 0.844. The molecule has 0 bridgehead atoms. The molecule has 0 saturated heterocycles. The highest BCUT2D eigenvalue weighted by Gasteiger charge is 2.93. The van der Waals surface area contributed by atoms with Crippen LogP contribution in [0.1, 0.15) is 26.7 Å². The van der Waals surface area contributed by atoms with Gasteiger partial charge in [0.1, 0.15) is 0 Å². The molecule has 0 aliphatic heterocycles. The summed E-state index contributed by atoms with van der Waals surface area (Å²) >= 11 is 0. The number of carbonyl (C=O) groups is 1. The average Bonchev–Trinajstić information content (AvgIpc) is 2.50. The van der Waals surface area contributed by atoms with E-state index in [-0.39, 0.29) is 6.42 Å². The standard InChI is InChI=1S/C13H13F13O2/c1-3-6(2)7(27)28-5-4-8(14,15)10(17,18)11(19,20)9(16,12(21,22)23)13(24,25)26/h6H,3-5H2,1-2H3. The van der Waals surface area contributed by atoms with Crippen LogP contribution < -0.4 is 0 Å². The minimum Gasteiger partial charge on any atom is -0.465 e. The maximum absolute atomic E-state index is 13.4. The Kier molecular flexibility index (Phi) is 7.37. The van der Waals surface area contributed by atoms with Crippen LogP contribution >= 0.6 is 0 Å². The number of carbonyl (C=O) groups excluding carboxylic acids is 1. The third kappa shape index (κ3) is 4.26. The first-order chi connectivity index (χ1) is 12.1. The number of rotatable bonds is 8. The molecular formula is C13H13F13O2. The highest BCUT2D eigenvalue weighted by molar-refractivity contribution is 5.71. The lowest BCUT2D eigenvalue weighted by atomic mass is 9.87. The van der Waals surface area contributed by atoms with E-state index >= 15 is 0 Å². The molecule has 2 nitrogen and oxygen atoms in total. The van der Waals surface area contributed by atoms with Gasteiger partial charge in [0, 0.05) is 0 Å². The lowest BCUT2D eigenvalue weighted by molar-refractivity contribution is -0.445. The molecule has 15 heteroatoms. The van der Waals surface area contributed by atoms with Crippen LogP contribution in [0.5, 0.6) is 0 Å². The summed E-state index contributed by atoms with van der Waals surface area (Å²) in [5, 5.41) is 0. The third-order valence-corrected chi connectivity index (χ3v) is 3.74. The van der Waals surface area contributed by atoms with Crippen molar-refractivity contribution in [2.24, 2.45) is 5.92 Å². The van der Waals surface area contributed by atoms with Gasteiger partial charge in [-0.1, -0.05) is 13.8 Å². The molecular weight excluding hydrogens is 435 g/mol. The molecule has 0 aromatic carbocycles. The molecule has 0 spiro atoms. The number of hydrogen-bond acceptors (Lipinski definition) is 2. The molecule has 0 saturated carbocycles. The van der Waals surface area contributed by atoms with Crippen molar-refractivity contribution in [3.05, 3.63) is 0 Å². The Hall–Kier alpha value is -1.44. The fourth-order valence-electron chi connectivity index (χ4n) is 1.71. The van der Waals surface area contributed by atoms with Crippen LogP contribution in [0, 0.1) is 5.92 Å². The van der Waals surface area contributed by atoms with Crippen molar-refractivity contribution < 1.29 is 66.6 Å². The largest absolute Gasteiger partial charge is 0.465 e. The lowest BCUT2D eigenvalue weighted by Gasteiger charge is -2.41. The van der Waals surface area contributed by atoms with Crippen LogP contribution in [-0.2, 0) is 9.53 Å². The minimum atomic E-state index is -7.98. The second kappa shape index (κ2) is 7.76. The number of halogens is 13. The molecule has 0 amide bonds. The summed E-state index contributed by atoms with van der Waals surface area (Å²) in [5.74, 6) is -23.9. The Morgan fingerprint density at radius 2 is 1.18 bits per heavy atom. The molecule has 0 aromatic rings. The third-order valence-electron chi connectivity index (χ3n) is 3.74. The summed E-state index contributed by atoms with van der Waals surface area (Å²) in [6, 6.07) is 0. The minimum absolute atomic E-state index is 0.0744. The van der Waals surface area contributed by atoms with E-state index in [2.05, 4.69) is 4.74 Å². The van der Waals surface area contributed by atoms with E-state index in [1.54, 1.807) is 0 Å². The summed E-state index contributed by atoms with van der Waals surface area (Å²) < 4.78 is 171. The summed E-state index contributed by atoms with van der Waals surface area (Å²) in [6.07, 6.45) is -17.9. The molecule has 168 valence electrons. The van der Waals surface area contributed by atoms with Crippen LogP contribution in [0.4, 0.5) is 57.1 Å². The zero-order valence-electron chi connectivity index (χ0n) is 13.9. The number of alkyl halides is 13. The van der Waals surface area contributed by atoms with E-state index in [4.69, 9.17) is 0 Å². The summed E-state index contributed by atoms with van der Waals surface area (Å²) in [5.41, 5.74) is -7.98. The monoisotopic (exact) mass is 448 g/mol. The Balaban J connectivity index is 5.88. The van der Waals surface area contributed by atoms with Gasteiger partial charge in [-0.05, 0) is 6.42 Å². The molecule has 0 fully saturated rings. The fraction of sp³-hybridized carbons (Fsp3) is 0.923. The van der Waals surface area contributed by atoms with Gasteiger partial charge in [-0.2, -0.15) is 52.7 Å². The highest BCUT2D eigenvalue weighted by atomic mass is 19.4. The van der Waals surface area contributed by atoms with Gasteiger partial charge in [0.05, 0.1) is 18.9 Å². The predicted octanol–water partition coefficient (Wildman–Crippen LogP) is 5.70. The maximum Gasteiger partial charge on any atom is 0.438 e. The molecule has 0 radical (unpaired) electrons. The molecule has 28 heavy (non-hydrogen) atoms. The molecule has 1 unspecified atom stereocenters. The Bertz CT molecular complexity index is 536. The molecule has 1 atom stereocenters. The molecule has 0 heterocycles. The first kappa shape index (κ1) is 26.6. The van der Waals surface area contributed by atoms with E-state index in [1.165, 1.54) is 13.8 Å². The van der Waals surface area contributed by atoms with Crippen molar-refractivity contribution in [3.8, 4) is 0 Å². The molecule has 0 aliphatic rings. The first-order valence-corrected chi connectivity index (χ1v) is 7.24. The Labute approximate surface area is 149 Å². The van der Waals surface area contributed by atoms with Crippen molar-refractivity contribution in [2.75, 3.05) is 6.61 Å². The van der Waals surface area contributed by atoms with Crippen molar-refractivity contribution in [1.82, 2.24) is 0 Å². The van der Waals surface area contributed by atoms with E-state index in [0.29, 0.717) is 0 Å². The van der Waals surface area contributed by atoms with E-state index in [9.17, 15) is 61.9 Å². The summed E-state index contributed by atoms with van der Waals surface area (Å²) in [4.78, 5) is 11.2. The normalized spacial score (nSPS) is 16.1. The van der Waals surface area contributed by atoms with Gasteiger partial charge >= 0.3 is 41.8 Å². The lowest BCUT2D eigenvalue weighted by Crippen LogP contribution is -2.73. The van der Waals surface area contributed by atoms with E-state index in [0.717, 1.165) is 0 Å².